The first kappa shape index (κ1) is 25.3. The van der Waals surface area contributed by atoms with Gasteiger partial charge in [-0.15, -0.1) is 0 Å². The fourth-order valence-electron chi connectivity index (χ4n) is 2.83. The molecule has 0 aromatic rings. The second kappa shape index (κ2) is 19.1. The first-order valence-electron chi connectivity index (χ1n) is 10.7. The van der Waals surface area contributed by atoms with Crippen LogP contribution in [-0.4, -0.2) is 17.4 Å². The fourth-order valence-corrected chi connectivity index (χ4v) is 3.95. The predicted molar refractivity (Wildman–Crippen MR) is 113 cm³/mol. The highest BCUT2D eigenvalue weighted by atomic mass is 32.9. The van der Waals surface area contributed by atoms with Gasteiger partial charge in [0.2, 0.25) is 0 Å². The molecular formula is C20H42O3S2. The largest absolute Gasteiger partial charge is 0.270 e. The van der Waals surface area contributed by atoms with E-state index < -0.39 is 9.05 Å². The summed E-state index contributed by atoms with van der Waals surface area (Å²) in [4.78, 5) is 0. The van der Waals surface area contributed by atoms with E-state index in [1.807, 2.05) is 0 Å². The molecule has 0 fully saturated rings. The maximum Gasteiger partial charge on any atom is 0.269 e. The van der Waals surface area contributed by atoms with E-state index in [0.717, 1.165) is 25.7 Å². The Balaban J connectivity index is 3.35. The van der Waals surface area contributed by atoms with Crippen molar-refractivity contribution >= 4 is 20.2 Å². The van der Waals surface area contributed by atoms with Crippen LogP contribution < -0.4 is 0 Å². The quantitative estimate of drug-likeness (QED) is 0.211. The summed E-state index contributed by atoms with van der Waals surface area (Å²) in [7, 11) is -2.96. The molecule has 25 heavy (non-hydrogen) atoms. The summed E-state index contributed by atoms with van der Waals surface area (Å²) in [5.74, 6) is 0. The zero-order chi connectivity index (χ0) is 18.6. The molecular weight excluding hydrogens is 352 g/mol. The third kappa shape index (κ3) is 20.5. The summed E-state index contributed by atoms with van der Waals surface area (Å²) in [5, 5.41) is 0. The van der Waals surface area contributed by atoms with Gasteiger partial charge in [0.15, 0.2) is 0 Å². The Morgan fingerprint density at radius 3 is 1.16 bits per heavy atom. The minimum atomic E-state index is -2.96. The van der Waals surface area contributed by atoms with Crippen LogP contribution >= 0.6 is 0 Å². The Kier molecular flexibility index (Phi) is 19.3. The molecule has 0 heterocycles. The molecule has 0 spiro atoms. The first-order chi connectivity index (χ1) is 12.1. The number of hydrogen-bond donors (Lipinski definition) is 0. The summed E-state index contributed by atoms with van der Waals surface area (Å²) in [6.07, 6.45) is 19.7. The fraction of sp³-hybridized carbons (Fsp3) is 1.00. The molecule has 0 radical (unpaired) electrons. The lowest BCUT2D eigenvalue weighted by molar-refractivity contribution is 0.238. The van der Waals surface area contributed by atoms with E-state index in [-0.39, 0.29) is 0 Å². The third-order valence-corrected chi connectivity index (χ3v) is 5.94. The van der Waals surface area contributed by atoms with Gasteiger partial charge in [-0.05, 0) is 12.8 Å². The van der Waals surface area contributed by atoms with Crippen molar-refractivity contribution in [3.8, 4) is 0 Å². The summed E-state index contributed by atoms with van der Waals surface area (Å²) in [6.45, 7) is 5.38. The summed E-state index contributed by atoms with van der Waals surface area (Å²) < 4.78 is 22.5. The molecule has 0 rings (SSSR count). The molecule has 5 heteroatoms. The Bertz CT molecular complexity index is 328. The van der Waals surface area contributed by atoms with E-state index in [1.54, 1.807) is 0 Å². The molecule has 0 unspecified atom stereocenters. The maximum atomic E-state index is 12.0. The number of hydrogen-bond acceptors (Lipinski definition) is 4. The van der Waals surface area contributed by atoms with Gasteiger partial charge in [0, 0.05) is 11.2 Å². The highest BCUT2D eigenvalue weighted by Crippen LogP contribution is 2.11. The lowest BCUT2D eigenvalue weighted by atomic mass is 10.1. The molecule has 0 saturated heterocycles. The summed E-state index contributed by atoms with van der Waals surface area (Å²) in [5.41, 5.74) is 0. The molecule has 0 aliphatic heterocycles. The van der Waals surface area contributed by atoms with Crippen LogP contribution in [0.15, 0.2) is 0 Å². The van der Waals surface area contributed by atoms with Gasteiger partial charge in [0.1, 0.15) is 0 Å². The van der Waals surface area contributed by atoms with Crippen molar-refractivity contribution in [3.63, 3.8) is 0 Å². The normalized spacial score (nSPS) is 11.9. The van der Waals surface area contributed by atoms with Crippen LogP contribution in [0.5, 0.6) is 0 Å². The van der Waals surface area contributed by atoms with Crippen molar-refractivity contribution in [1.29, 1.82) is 0 Å². The molecule has 0 aliphatic carbocycles. The van der Waals surface area contributed by atoms with Crippen molar-refractivity contribution in [2.45, 2.75) is 117 Å². The van der Waals surface area contributed by atoms with E-state index in [1.165, 1.54) is 77.0 Å². The second-order valence-corrected chi connectivity index (χ2v) is 9.51. The van der Waals surface area contributed by atoms with Crippen molar-refractivity contribution in [2.24, 2.45) is 0 Å². The smallest absolute Gasteiger partial charge is 0.269 e. The van der Waals surface area contributed by atoms with Gasteiger partial charge < -0.3 is 0 Å². The topological polar surface area (TPSA) is 35.5 Å². The van der Waals surface area contributed by atoms with E-state index in [4.69, 9.17) is 19.6 Å². The monoisotopic (exact) mass is 394 g/mol. The van der Waals surface area contributed by atoms with Gasteiger partial charge >= 0.3 is 0 Å². The van der Waals surface area contributed by atoms with Crippen LogP contribution in [0.4, 0.5) is 0 Å². The Morgan fingerprint density at radius 2 is 0.840 bits per heavy atom. The van der Waals surface area contributed by atoms with Gasteiger partial charge in [-0.3, -0.25) is 8.37 Å². The van der Waals surface area contributed by atoms with Gasteiger partial charge in [-0.2, -0.15) is 4.21 Å². The van der Waals surface area contributed by atoms with E-state index in [9.17, 15) is 4.21 Å². The summed E-state index contributed by atoms with van der Waals surface area (Å²) in [6, 6.07) is 0. The average Bonchev–Trinajstić information content (AvgIpc) is 2.59. The van der Waals surface area contributed by atoms with Gasteiger partial charge in [0.05, 0.1) is 13.2 Å². The van der Waals surface area contributed by atoms with E-state index in [0.29, 0.717) is 13.2 Å². The standard InChI is InChI=1S/C20H42O3S2/c1-3-5-7-9-11-13-15-17-19-22-25(21,24)23-20-18-16-14-12-10-8-6-4-2/h3-20H2,1-2H3. The molecule has 0 N–H and O–H groups in total. The van der Waals surface area contributed by atoms with Crippen molar-refractivity contribution in [1.82, 2.24) is 0 Å². The van der Waals surface area contributed by atoms with Crippen molar-refractivity contribution in [2.75, 3.05) is 13.2 Å². The minimum absolute atomic E-state index is 0.453. The minimum Gasteiger partial charge on any atom is -0.270 e. The van der Waals surface area contributed by atoms with Crippen molar-refractivity contribution < 1.29 is 12.6 Å². The lowest BCUT2D eigenvalue weighted by Crippen LogP contribution is -2.10. The Hall–Kier alpha value is 0.290. The molecule has 152 valence electrons. The van der Waals surface area contributed by atoms with Crippen LogP contribution in [0.1, 0.15) is 117 Å². The van der Waals surface area contributed by atoms with Crippen molar-refractivity contribution in [3.05, 3.63) is 0 Å². The highest BCUT2D eigenvalue weighted by molar-refractivity contribution is 8.27. The molecule has 0 atom stereocenters. The molecule has 3 nitrogen and oxygen atoms in total. The van der Waals surface area contributed by atoms with Crippen LogP contribution in [0.3, 0.4) is 0 Å². The number of rotatable bonds is 20. The molecule has 0 aliphatic rings. The van der Waals surface area contributed by atoms with Crippen LogP contribution in [0, 0.1) is 0 Å². The van der Waals surface area contributed by atoms with Gasteiger partial charge in [-0.1, -0.05) is 104 Å². The third-order valence-electron chi connectivity index (χ3n) is 4.45. The van der Waals surface area contributed by atoms with Crippen LogP contribution in [-0.2, 0) is 28.6 Å². The zero-order valence-corrected chi connectivity index (χ0v) is 18.4. The maximum absolute atomic E-state index is 12.0. The molecule has 0 amide bonds. The highest BCUT2D eigenvalue weighted by Gasteiger charge is 2.06. The Morgan fingerprint density at radius 1 is 0.560 bits per heavy atom. The summed E-state index contributed by atoms with van der Waals surface area (Å²) >= 11 is 4.92. The zero-order valence-electron chi connectivity index (χ0n) is 16.8. The van der Waals surface area contributed by atoms with E-state index >= 15 is 0 Å². The number of unbranched alkanes of at least 4 members (excludes halogenated alkanes) is 14. The molecule has 0 aromatic carbocycles. The second-order valence-electron chi connectivity index (χ2n) is 7.00. The molecule has 0 saturated carbocycles. The molecule has 0 bridgehead atoms. The van der Waals surface area contributed by atoms with Gasteiger partial charge in [0.25, 0.3) is 9.05 Å². The molecule has 0 aromatic heterocycles. The van der Waals surface area contributed by atoms with Gasteiger partial charge in [-0.25, -0.2) is 0 Å². The van der Waals surface area contributed by atoms with Crippen LogP contribution in [0.2, 0.25) is 0 Å². The van der Waals surface area contributed by atoms with Crippen LogP contribution in [0.25, 0.3) is 0 Å². The average molecular weight is 395 g/mol. The Labute approximate surface area is 162 Å². The SMILES string of the molecule is CCCCCCCCCCOS(=O)(=S)OCCCCCCCCCC. The lowest BCUT2D eigenvalue weighted by Gasteiger charge is -2.09. The first-order valence-corrected chi connectivity index (χ1v) is 13.0. The predicted octanol–water partition coefficient (Wildman–Crippen LogP) is 6.88. The van der Waals surface area contributed by atoms with E-state index in [2.05, 4.69) is 13.8 Å².